The summed E-state index contributed by atoms with van der Waals surface area (Å²) in [6, 6.07) is 14.7. The lowest BCUT2D eigenvalue weighted by atomic mass is 9.98. The summed E-state index contributed by atoms with van der Waals surface area (Å²) in [5, 5.41) is 17.1. The Kier molecular flexibility index (Phi) is 6.15. The third kappa shape index (κ3) is 4.55. The Balaban J connectivity index is 1.54. The van der Waals surface area contributed by atoms with Crippen molar-refractivity contribution in [3.63, 3.8) is 0 Å². The first kappa shape index (κ1) is 20.2. The van der Waals surface area contributed by atoms with Gasteiger partial charge in [0.15, 0.2) is 11.4 Å². The number of hydrogen-bond donors (Lipinski definition) is 2. The molecule has 2 heterocycles. The van der Waals surface area contributed by atoms with Gasteiger partial charge >= 0.3 is 6.09 Å². The molecule has 8 heteroatoms. The number of aromatic nitrogens is 1. The Morgan fingerprint density at radius 1 is 1.20 bits per heavy atom. The summed E-state index contributed by atoms with van der Waals surface area (Å²) in [7, 11) is 2.00. The van der Waals surface area contributed by atoms with E-state index in [2.05, 4.69) is 20.3 Å². The second kappa shape index (κ2) is 9.15. The van der Waals surface area contributed by atoms with Crippen LogP contribution in [-0.2, 0) is 4.74 Å². The Morgan fingerprint density at radius 2 is 1.97 bits per heavy atom. The Bertz CT molecular complexity index is 985. The van der Waals surface area contributed by atoms with Crippen LogP contribution < -0.4 is 10.2 Å². The summed E-state index contributed by atoms with van der Waals surface area (Å²) in [5.41, 5.74) is 2.30. The second-order valence-electron chi connectivity index (χ2n) is 7.43. The van der Waals surface area contributed by atoms with Crippen LogP contribution in [0.15, 0.2) is 53.1 Å². The molecule has 2 aromatic carbocycles. The maximum absolute atomic E-state index is 11.4. The maximum atomic E-state index is 11.4. The zero-order valence-corrected chi connectivity index (χ0v) is 17.0. The number of fused-ring (bicyclic) bond motifs is 1. The van der Waals surface area contributed by atoms with E-state index in [1.54, 1.807) is 0 Å². The minimum absolute atomic E-state index is 0.485. The van der Waals surface area contributed by atoms with Gasteiger partial charge in [0.2, 0.25) is 0 Å². The molecule has 4 rings (SSSR count). The highest BCUT2D eigenvalue weighted by Crippen LogP contribution is 2.30. The molecule has 1 fully saturated rings. The van der Waals surface area contributed by atoms with Crippen molar-refractivity contribution >= 4 is 22.9 Å². The summed E-state index contributed by atoms with van der Waals surface area (Å²) in [4.78, 5) is 15.8. The highest BCUT2D eigenvalue weighted by atomic mass is 16.5. The molecule has 30 heavy (non-hydrogen) atoms. The van der Waals surface area contributed by atoms with Crippen LogP contribution in [0.1, 0.15) is 17.2 Å². The summed E-state index contributed by atoms with van der Waals surface area (Å²) >= 11 is 0. The topological polar surface area (TPSA) is 91.1 Å². The zero-order valence-electron chi connectivity index (χ0n) is 17.0. The van der Waals surface area contributed by atoms with Crippen molar-refractivity contribution in [3.05, 3.63) is 59.7 Å². The Hall–Kier alpha value is -3.10. The lowest BCUT2D eigenvalue weighted by molar-refractivity contribution is 0.0392. The van der Waals surface area contributed by atoms with Crippen molar-refractivity contribution in [1.29, 1.82) is 0 Å². The molecule has 1 unspecified atom stereocenters. The number of hydrogen-bond acceptors (Lipinski definition) is 6. The first-order valence-electron chi connectivity index (χ1n) is 10.1. The zero-order chi connectivity index (χ0) is 20.9. The largest absolute Gasteiger partial charge is 0.465 e. The minimum atomic E-state index is -1.08. The second-order valence-corrected chi connectivity index (χ2v) is 7.43. The number of carbonyl (C=O) groups is 1. The van der Waals surface area contributed by atoms with Gasteiger partial charge in [0.25, 0.3) is 0 Å². The van der Waals surface area contributed by atoms with Crippen LogP contribution >= 0.6 is 0 Å². The molecular weight excluding hydrogens is 384 g/mol. The fraction of sp³-hybridized carbons (Fsp3) is 0.364. The van der Waals surface area contributed by atoms with E-state index in [4.69, 9.17) is 9.26 Å². The van der Waals surface area contributed by atoms with Crippen molar-refractivity contribution < 1.29 is 19.2 Å². The van der Waals surface area contributed by atoms with Crippen LogP contribution in [0, 0.1) is 0 Å². The molecule has 158 valence electrons. The monoisotopic (exact) mass is 410 g/mol. The fourth-order valence-corrected chi connectivity index (χ4v) is 3.75. The molecule has 1 amide bonds. The number of likely N-dealkylation sites (N-methyl/N-ethyl adjacent to an activating group) is 1. The number of carboxylic acid groups (broad SMARTS) is 1. The molecule has 3 aromatic rings. The molecule has 0 spiro atoms. The predicted octanol–water partition coefficient (Wildman–Crippen LogP) is 2.95. The Labute approximate surface area is 175 Å². The average Bonchev–Trinajstić information content (AvgIpc) is 3.20. The van der Waals surface area contributed by atoms with Crippen LogP contribution in [-0.4, -0.2) is 67.7 Å². The number of nitrogens with zero attached hydrogens (tertiary/aromatic N) is 3. The summed E-state index contributed by atoms with van der Waals surface area (Å²) in [6.07, 6.45) is -1.08. The molecule has 1 aromatic heterocycles. The molecule has 0 aliphatic carbocycles. The van der Waals surface area contributed by atoms with Gasteiger partial charge in [-0.2, -0.15) is 0 Å². The lowest BCUT2D eigenvalue weighted by Crippen LogP contribution is -2.40. The van der Waals surface area contributed by atoms with E-state index >= 15 is 0 Å². The van der Waals surface area contributed by atoms with E-state index in [0.717, 1.165) is 61.7 Å². The van der Waals surface area contributed by atoms with Gasteiger partial charge in [0.05, 0.1) is 24.6 Å². The Morgan fingerprint density at radius 3 is 2.70 bits per heavy atom. The van der Waals surface area contributed by atoms with Crippen molar-refractivity contribution in [1.82, 2.24) is 15.4 Å². The first-order valence-corrected chi connectivity index (χ1v) is 10.1. The van der Waals surface area contributed by atoms with Crippen LogP contribution in [0.2, 0.25) is 0 Å². The number of amides is 1. The molecule has 1 saturated heterocycles. The first-order chi connectivity index (χ1) is 14.6. The summed E-state index contributed by atoms with van der Waals surface area (Å²) in [6.45, 7) is 5.24. The van der Waals surface area contributed by atoms with Crippen LogP contribution in [0.3, 0.4) is 0 Å². The number of nitrogens with one attached hydrogen (secondary N) is 1. The molecule has 1 aliphatic rings. The molecule has 1 aliphatic heterocycles. The number of anilines is 1. The molecule has 0 saturated carbocycles. The van der Waals surface area contributed by atoms with Crippen molar-refractivity contribution in [2.24, 2.45) is 0 Å². The quantitative estimate of drug-likeness (QED) is 0.619. The van der Waals surface area contributed by atoms with Gasteiger partial charge < -0.3 is 24.6 Å². The number of ether oxygens (including phenoxy) is 1. The summed E-state index contributed by atoms with van der Waals surface area (Å²) in [5.74, 6) is 0.785. The SMILES string of the molecule is CN(CCN1CCOCC1)c1noc2cc(C(NC(=O)O)c3ccccc3)ccc12. The normalized spacial score (nSPS) is 15.8. The highest BCUT2D eigenvalue weighted by Gasteiger charge is 2.20. The lowest BCUT2D eigenvalue weighted by Gasteiger charge is -2.28. The van der Waals surface area contributed by atoms with Crippen LogP contribution in [0.5, 0.6) is 0 Å². The van der Waals surface area contributed by atoms with Gasteiger partial charge in [0, 0.05) is 33.2 Å². The van der Waals surface area contributed by atoms with E-state index in [1.807, 2.05) is 55.6 Å². The van der Waals surface area contributed by atoms with Gasteiger partial charge in [-0.25, -0.2) is 4.79 Å². The van der Waals surface area contributed by atoms with E-state index in [0.29, 0.717) is 5.58 Å². The van der Waals surface area contributed by atoms with Gasteiger partial charge in [-0.15, -0.1) is 0 Å². The molecule has 8 nitrogen and oxygen atoms in total. The van der Waals surface area contributed by atoms with E-state index in [9.17, 15) is 9.90 Å². The molecule has 0 bridgehead atoms. The predicted molar refractivity (Wildman–Crippen MR) is 114 cm³/mol. The van der Waals surface area contributed by atoms with E-state index in [-0.39, 0.29) is 0 Å². The van der Waals surface area contributed by atoms with Crippen molar-refractivity contribution in [2.45, 2.75) is 6.04 Å². The van der Waals surface area contributed by atoms with Crippen molar-refractivity contribution in [2.75, 3.05) is 51.3 Å². The highest BCUT2D eigenvalue weighted by molar-refractivity contribution is 5.89. The van der Waals surface area contributed by atoms with Gasteiger partial charge in [-0.1, -0.05) is 41.6 Å². The van der Waals surface area contributed by atoms with Crippen LogP contribution in [0.25, 0.3) is 11.0 Å². The molecule has 2 N–H and O–H groups in total. The smallest absolute Gasteiger partial charge is 0.405 e. The number of morpholine rings is 1. The third-order valence-electron chi connectivity index (χ3n) is 5.43. The van der Waals surface area contributed by atoms with Gasteiger partial charge in [-0.05, 0) is 23.3 Å². The standard InChI is InChI=1S/C22H26N4O4/c1-25(9-10-26-11-13-29-14-12-26)21-18-8-7-17(15-19(18)30-24-21)20(23-22(27)28)16-5-3-2-4-6-16/h2-8,15,20,23H,9-14H2,1H3,(H,27,28). The van der Waals surface area contributed by atoms with Gasteiger partial charge in [-0.3, -0.25) is 4.90 Å². The van der Waals surface area contributed by atoms with E-state index in [1.165, 1.54) is 0 Å². The summed E-state index contributed by atoms with van der Waals surface area (Å²) < 4.78 is 11.0. The number of benzene rings is 2. The van der Waals surface area contributed by atoms with Crippen LogP contribution in [0.4, 0.5) is 10.6 Å². The molecule has 0 radical (unpaired) electrons. The van der Waals surface area contributed by atoms with E-state index < -0.39 is 12.1 Å². The van der Waals surface area contributed by atoms with Gasteiger partial charge in [0.1, 0.15) is 0 Å². The fourth-order valence-electron chi connectivity index (χ4n) is 3.75. The third-order valence-corrected chi connectivity index (χ3v) is 5.43. The molecular formula is C22H26N4O4. The number of rotatable bonds is 7. The minimum Gasteiger partial charge on any atom is -0.465 e. The maximum Gasteiger partial charge on any atom is 0.405 e. The molecule has 1 atom stereocenters. The van der Waals surface area contributed by atoms with Crippen molar-refractivity contribution in [3.8, 4) is 0 Å². The average molecular weight is 410 g/mol.